The second kappa shape index (κ2) is 7.36. The van der Waals surface area contributed by atoms with Gasteiger partial charge in [0.05, 0.1) is 5.39 Å². The molecule has 2 aromatic heterocycles. The third kappa shape index (κ3) is 3.41. The van der Waals surface area contributed by atoms with E-state index < -0.39 is 0 Å². The van der Waals surface area contributed by atoms with Gasteiger partial charge in [-0.3, -0.25) is 9.36 Å². The quantitative estimate of drug-likeness (QED) is 0.315. The van der Waals surface area contributed by atoms with Gasteiger partial charge in [-0.05, 0) is 38.0 Å². The summed E-state index contributed by atoms with van der Waals surface area (Å²) in [6.45, 7) is 10.3. The standard InChI is InChI=1S/C19H19ClN2OS2/c1-5-10-22-18(23)16-11(2)12(3)24-17(16)21-19(22)25-13(4)14-8-6-7-9-15(14)20/h5-9,13H,1,10H2,2-4H3/t13-/m1/s1. The highest BCUT2D eigenvalue weighted by atomic mass is 35.5. The van der Waals surface area contributed by atoms with E-state index in [9.17, 15) is 4.79 Å². The zero-order valence-electron chi connectivity index (χ0n) is 14.4. The first kappa shape index (κ1) is 18.2. The largest absolute Gasteiger partial charge is 0.283 e. The van der Waals surface area contributed by atoms with Gasteiger partial charge in [-0.15, -0.1) is 17.9 Å². The molecule has 0 N–H and O–H groups in total. The second-order valence-corrected chi connectivity index (χ2v) is 8.76. The lowest BCUT2D eigenvalue weighted by Gasteiger charge is -2.16. The molecule has 3 nitrogen and oxygen atoms in total. The Kier molecular flexibility index (Phi) is 5.37. The normalized spacial score (nSPS) is 12.5. The minimum Gasteiger partial charge on any atom is -0.283 e. The summed E-state index contributed by atoms with van der Waals surface area (Å²) in [5.74, 6) is 0. The molecule has 0 amide bonds. The lowest BCUT2D eigenvalue weighted by atomic mass is 10.2. The van der Waals surface area contributed by atoms with Crippen molar-refractivity contribution in [3.05, 3.63) is 68.3 Å². The van der Waals surface area contributed by atoms with Crippen molar-refractivity contribution in [3.8, 4) is 0 Å². The van der Waals surface area contributed by atoms with Crippen molar-refractivity contribution in [1.29, 1.82) is 0 Å². The molecule has 25 heavy (non-hydrogen) atoms. The number of hydrogen-bond donors (Lipinski definition) is 0. The lowest BCUT2D eigenvalue weighted by molar-refractivity contribution is 0.671. The average molecular weight is 391 g/mol. The van der Waals surface area contributed by atoms with E-state index in [-0.39, 0.29) is 10.8 Å². The van der Waals surface area contributed by atoms with Crippen molar-refractivity contribution < 1.29 is 0 Å². The minimum atomic E-state index is 0.000564. The Balaban J connectivity index is 2.12. The van der Waals surface area contributed by atoms with E-state index >= 15 is 0 Å². The molecule has 1 aromatic carbocycles. The first-order chi connectivity index (χ1) is 11.9. The van der Waals surface area contributed by atoms with E-state index in [1.165, 1.54) is 0 Å². The van der Waals surface area contributed by atoms with Crippen LogP contribution in [0.2, 0.25) is 5.02 Å². The first-order valence-electron chi connectivity index (χ1n) is 7.96. The Bertz CT molecular complexity index is 1010. The average Bonchev–Trinajstić information content (AvgIpc) is 2.86. The zero-order chi connectivity index (χ0) is 18.1. The fraction of sp³-hybridized carbons (Fsp3) is 0.263. The maximum Gasteiger partial charge on any atom is 0.263 e. The fourth-order valence-electron chi connectivity index (χ4n) is 2.72. The van der Waals surface area contributed by atoms with Gasteiger partial charge in [-0.1, -0.05) is 47.6 Å². The number of thiophene rings is 1. The van der Waals surface area contributed by atoms with Gasteiger partial charge in [0, 0.05) is 21.7 Å². The van der Waals surface area contributed by atoms with Gasteiger partial charge >= 0.3 is 0 Å². The zero-order valence-corrected chi connectivity index (χ0v) is 16.8. The number of fused-ring (bicyclic) bond motifs is 1. The van der Waals surface area contributed by atoms with E-state index in [4.69, 9.17) is 16.6 Å². The molecule has 0 radical (unpaired) electrons. The van der Waals surface area contributed by atoms with E-state index in [1.54, 1.807) is 33.7 Å². The van der Waals surface area contributed by atoms with Crippen LogP contribution < -0.4 is 5.56 Å². The summed E-state index contributed by atoms with van der Waals surface area (Å²) in [6.07, 6.45) is 1.73. The topological polar surface area (TPSA) is 34.9 Å². The van der Waals surface area contributed by atoms with E-state index in [0.29, 0.717) is 11.7 Å². The molecular weight excluding hydrogens is 372 g/mol. The van der Waals surface area contributed by atoms with Gasteiger partial charge in [0.25, 0.3) is 5.56 Å². The smallest absolute Gasteiger partial charge is 0.263 e. The Hall–Kier alpha value is -1.56. The molecule has 1 atom stereocenters. The third-order valence-electron chi connectivity index (χ3n) is 4.19. The molecule has 0 bridgehead atoms. The molecule has 0 aliphatic carbocycles. The second-order valence-electron chi connectivity index (χ2n) is 5.84. The molecule has 2 heterocycles. The highest BCUT2D eigenvalue weighted by Gasteiger charge is 2.19. The molecule has 130 valence electrons. The molecule has 0 aliphatic heterocycles. The number of hydrogen-bond acceptors (Lipinski definition) is 4. The van der Waals surface area contributed by atoms with Crippen molar-refractivity contribution >= 4 is 44.9 Å². The summed E-state index contributed by atoms with van der Waals surface area (Å²) in [5, 5.41) is 2.23. The number of rotatable bonds is 5. The van der Waals surface area contributed by atoms with Crippen LogP contribution in [0.15, 0.2) is 46.9 Å². The number of thioether (sulfide) groups is 1. The number of benzene rings is 1. The third-order valence-corrected chi connectivity index (χ3v) is 6.77. The molecule has 0 aliphatic rings. The van der Waals surface area contributed by atoms with Gasteiger partial charge in [0.1, 0.15) is 4.83 Å². The van der Waals surface area contributed by atoms with Crippen LogP contribution in [0.1, 0.15) is 28.2 Å². The molecule has 0 unspecified atom stereocenters. The molecule has 6 heteroatoms. The maximum atomic E-state index is 13.0. The molecule has 0 saturated carbocycles. The van der Waals surface area contributed by atoms with Crippen molar-refractivity contribution in [2.75, 3.05) is 0 Å². The van der Waals surface area contributed by atoms with Crippen LogP contribution >= 0.6 is 34.7 Å². The highest BCUT2D eigenvalue weighted by Crippen LogP contribution is 2.38. The van der Waals surface area contributed by atoms with Crippen LogP contribution in [0.5, 0.6) is 0 Å². The predicted molar refractivity (Wildman–Crippen MR) is 109 cm³/mol. The Morgan fingerprint density at radius 3 is 2.80 bits per heavy atom. The molecular formula is C19H19ClN2OS2. The molecule has 0 spiro atoms. The van der Waals surface area contributed by atoms with Crippen molar-refractivity contribution in [2.45, 2.75) is 37.7 Å². The van der Waals surface area contributed by atoms with Gasteiger partial charge in [0.15, 0.2) is 5.16 Å². The summed E-state index contributed by atoms with van der Waals surface area (Å²) >= 11 is 9.44. The summed E-state index contributed by atoms with van der Waals surface area (Å²) in [7, 11) is 0. The number of aryl methyl sites for hydroxylation is 2. The summed E-state index contributed by atoms with van der Waals surface area (Å²) in [4.78, 5) is 19.7. The van der Waals surface area contributed by atoms with Crippen LogP contribution in [0.4, 0.5) is 0 Å². The first-order valence-corrected chi connectivity index (χ1v) is 10.0. The van der Waals surface area contributed by atoms with E-state index in [2.05, 4.69) is 13.5 Å². The van der Waals surface area contributed by atoms with Crippen LogP contribution in [0.25, 0.3) is 10.2 Å². The molecule has 0 saturated heterocycles. The van der Waals surface area contributed by atoms with Gasteiger partial charge in [-0.25, -0.2) is 4.98 Å². The Labute approximate surface area is 160 Å². The van der Waals surface area contributed by atoms with E-state index in [0.717, 1.165) is 31.2 Å². The van der Waals surface area contributed by atoms with Gasteiger partial charge in [0.2, 0.25) is 0 Å². The van der Waals surface area contributed by atoms with Crippen molar-refractivity contribution in [1.82, 2.24) is 9.55 Å². The number of aromatic nitrogens is 2. The molecule has 0 fully saturated rings. The van der Waals surface area contributed by atoms with Crippen molar-refractivity contribution in [3.63, 3.8) is 0 Å². The number of allylic oxidation sites excluding steroid dienone is 1. The monoisotopic (exact) mass is 390 g/mol. The number of nitrogens with zero attached hydrogens (tertiary/aromatic N) is 2. The molecule has 3 aromatic rings. The van der Waals surface area contributed by atoms with E-state index in [1.807, 2.05) is 38.1 Å². The van der Waals surface area contributed by atoms with Crippen LogP contribution in [0.3, 0.4) is 0 Å². The Morgan fingerprint density at radius 1 is 1.40 bits per heavy atom. The summed E-state index contributed by atoms with van der Waals surface area (Å²) in [5.41, 5.74) is 2.05. The highest BCUT2D eigenvalue weighted by molar-refractivity contribution is 7.99. The minimum absolute atomic E-state index is 0.000564. The van der Waals surface area contributed by atoms with Gasteiger partial charge < -0.3 is 0 Å². The lowest BCUT2D eigenvalue weighted by Crippen LogP contribution is -2.22. The van der Waals surface area contributed by atoms with Crippen LogP contribution in [0, 0.1) is 13.8 Å². The fourth-order valence-corrected chi connectivity index (χ4v) is 5.23. The SMILES string of the molecule is C=CCn1c(S[C@H](C)c2ccccc2Cl)nc2sc(C)c(C)c2c1=O. The number of halogens is 1. The van der Waals surface area contributed by atoms with Crippen LogP contribution in [-0.4, -0.2) is 9.55 Å². The van der Waals surface area contributed by atoms with Crippen molar-refractivity contribution in [2.24, 2.45) is 0 Å². The molecule has 3 rings (SSSR count). The predicted octanol–water partition coefficient (Wildman–Crippen LogP) is 5.77. The van der Waals surface area contributed by atoms with Gasteiger partial charge in [-0.2, -0.15) is 0 Å². The maximum absolute atomic E-state index is 13.0. The summed E-state index contributed by atoms with van der Waals surface area (Å²) in [6, 6.07) is 7.78. The van der Waals surface area contributed by atoms with Crippen LogP contribution in [-0.2, 0) is 6.54 Å². The Morgan fingerprint density at radius 2 is 2.12 bits per heavy atom. The summed E-state index contributed by atoms with van der Waals surface area (Å²) < 4.78 is 1.70.